The summed E-state index contributed by atoms with van der Waals surface area (Å²) >= 11 is 1.60. The highest BCUT2D eigenvalue weighted by Gasteiger charge is 2.26. The van der Waals surface area contributed by atoms with E-state index in [1.54, 1.807) is 28.2 Å². The molecule has 1 saturated heterocycles. The molecule has 1 aliphatic rings. The summed E-state index contributed by atoms with van der Waals surface area (Å²) in [6, 6.07) is 7.25. The first kappa shape index (κ1) is 21.5. The molecule has 0 spiro atoms. The Morgan fingerprint density at radius 2 is 2.06 bits per heavy atom. The number of piperidine rings is 1. The van der Waals surface area contributed by atoms with E-state index in [0.717, 1.165) is 47.9 Å². The molecule has 31 heavy (non-hydrogen) atoms. The Hall–Kier alpha value is -2.74. The molecule has 4 heterocycles. The molecule has 0 aliphatic carbocycles. The van der Waals surface area contributed by atoms with Gasteiger partial charge in [-0.1, -0.05) is 6.07 Å². The van der Waals surface area contributed by atoms with Crippen LogP contribution in [0.2, 0.25) is 0 Å². The van der Waals surface area contributed by atoms with E-state index in [-0.39, 0.29) is 17.5 Å². The zero-order chi connectivity index (χ0) is 22.0. The summed E-state index contributed by atoms with van der Waals surface area (Å²) < 4.78 is 3.57. The highest BCUT2D eigenvalue weighted by Crippen LogP contribution is 2.25. The van der Waals surface area contributed by atoms with Crippen molar-refractivity contribution in [1.29, 1.82) is 0 Å². The van der Waals surface area contributed by atoms with Crippen molar-refractivity contribution >= 4 is 17.2 Å². The number of aromatic nitrogens is 4. The third kappa shape index (κ3) is 4.49. The fourth-order valence-corrected chi connectivity index (χ4v) is 5.11. The number of thiophene rings is 1. The summed E-state index contributed by atoms with van der Waals surface area (Å²) in [7, 11) is 0. The Kier molecular flexibility index (Phi) is 6.36. The first-order valence-corrected chi connectivity index (χ1v) is 11.8. The fraction of sp³-hybridized carbons (Fsp3) is 0.478. The van der Waals surface area contributed by atoms with Crippen molar-refractivity contribution in [2.75, 3.05) is 13.1 Å². The van der Waals surface area contributed by atoms with Crippen LogP contribution in [-0.2, 0) is 17.8 Å². The van der Waals surface area contributed by atoms with Gasteiger partial charge in [0, 0.05) is 37.8 Å². The van der Waals surface area contributed by atoms with Crippen LogP contribution in [0.25, 0.3) is 10.6 Å². The summed E-state index contributed by atoms with van der Waals surface area (Å²) in [4.78, 5) is 28.4. The highest BCUT2D eigenvalue weighted by atomic mass is 32.1. The lowest BCUT2D eigenvalue weighted by molar-refractivity contribution is -0.132. The van der Waals surface area contributed by atoms with E-state index < -0.39 is 0 Å². The highest BCUT2D eigenvalue weighted by molar-refractivity contribution is 7.13. The number of nitrogens with zero attached hydrogens (tertiary/aromatic N) is 5. The second-order valence-corrected chi connectivity index (χ2v) is 9.03. The smallest absolute Gasteiger partial charge is 0.267 e. The predicted molar refractivity (Wildman–Crippen MR) is 122 cm³/mol. The lowest BCUT2D eigenvalue weighted by Crippen LogP contribution is -2.43. The Balaban J connectivity index is 1.45. The van der Waals surface area contributed by atoms with Gasteiger partial charge in [-0.15, -0.1) is 11.3 Å². The molecule has 1 aliphatic heterocycles. The lowest BCUT2D eigenvalue weighted by Gasteiger charge is -2.33. The number of likely N-dealkylation sites (tertiary alicyclic amines) is 1. The molecule has 7 nitrogen and oxygen atoms in total. The van der Waals surface area contributed by atoms with Crippen LogP contribution in [0.15, 0.2) is 34.4 Å². The van der Waals surface area contributed by atoms with E-state index in [4.69, 9.17) is 0 Å². The number of hydrogen-bond donors (Lipinski definition) is 0. The van der Waals surface area contributed by atoms with Crippen LogP contribution in [0.3, 0.4) is 0 Å². The van der Waals surface area contributed by atoms with Crippen LogP contribution >= 0.6 is 11.3 Å². The molecule has 0 N–H and O–H groups in total. The van der Waals surface area contributed by atoms with Gasteiger partial charge in [0.15, 0.2) is 0 Å². The van der Waals surface area contributed by atoms with Crippen LogP contribution in [0.4, 0.5) is 0 Å². The first-order chi connectivity index (χ1) is 15.0. The van der Waals surface area contributed by atoms with Crippen LogP contribution in [-0.4, -0.2) is 43.5 Å². The van der Waals surface area contributed by atoms with Crippen LogP contribution < -0.4 is 5.56 Å². The largest absolute Gasteiger partial charge is 0.341 e. The standard InChI is InChI=1S/C23H29N5O2S/c1-4-27-17(3)19(16(2)24-27)9-11-22(29)26-13-5-7-18(15-26)28-23(30)12-10-20(25-28)21-8-6-14-31-21/h6,8,10,12,14,18H,4-5,7,9,11,13,15H2,1-3H3. The minimum atomic E-state index is -0.113. The van der Waals surface area contributed by atoms with Gasteiger partial charge in [0.25, 0.3) is 5.56 Å². The van der Waals surface area contributed by atoms with Gasteiger partial charge in [0.05, 0.1) is 16.6 Å². The summed E-state index contributed by atoms with van der Waals surface area (Å²) in [5.41, 5.74) is 4.01. The Morgan fingerprint density at radius 3 is 2.77 bits per heavy atom. The number of carbonyl (C=O) groups excluding carboxylic acids is 1. The molecule has 1 amide bonds. The van der Waals surface area contributed by atoms with E-state index in [0.29, 0.717) is 19.4 Å². The molecule has 3 aromatic rings. The second kappa shape index (κ2) is 9.18. The van der Waals surface area contributed by atoms with E-state index in [2.05, 4.69) is 24.0 Å². The molecule has 8 heteroatoms. The third-order valence-electron chi connectivity index (χ3n) is 6.11. The molecule has 1 fully saturated rings. The maximum absolute atomic E-state index is 13.0. The van der Waals surface area contributed by atoms with Crippen molar-refractivity contribution in [1.82, 2.24) is 24.5 Å². The number of aryl methyl sites for hydroxylation is 2. The Labute approximate surface area is 186 Å². The minimum absolute atomic E-state index is 0.0866. The van der Waals surface area contributed by atoms with E-state index >= 15 is 0 Å². The van der Waals surface area contributed by atoms with Crippen molar-refractivity contribution in [3.05, 3.63) is 57.0 Å². The van der Waals surface area contributed by atoms with Gasteiger partial charge in [0.2, 0.25) is 5.91 Å². The Bertz CT molecular complexity index is 1120. The molecule has 0 bridgehead atoms. The molecule has 4 rings (SSSR count). The number of rotatable bonds is 6. The van der Waals surface area contributed by atoms with Crippen LogP contribution in [0.5, 0.6) is 0 Å². The van der Waals surface area contributed by atoms with Crippen molar-refractivity contribution in [2.24, 2.45) is 0 Å². The fourth-order valence-electron chi connectivity index (χ4n) is 4.42. The van der Waals surface area contributed by atoms with Crippen LogP contribution in [0.1, 0.15) is 49.2 Å². The van der Waals surface area contributed by atoms with E-state index in [9.17, 15) is 9.59 Å². The molecular formula is C23H29N5O2S. The van der Waals surface area contributed by atoms with Gasteiger partial charge < -0.3 is 4.90 Å². The van der Waals surface area contributed by atoms with Gasteiger partial charge in [-0.25, -0.2) is 4.68 Å². The topological polar surface area (TPSA) is 73.0 Å². The van der Waals surface area contributed by atoms with Gasteiger partial charge in [0.1, 0.15) is 5.69 Å². The zero-order valence-electron chi connectivity index (χ0n) is 18.4. The van der Waals surface area contributed by atoms with Crippen molar-refractivity contribution in [3.63, 3.8) is 0 Å². The second-order valence-electron chi connectivity index (χ2n) is 8.08. The monoisotopic (exact) mass is 439 g/mol. The third-order valence-corrected chi connectivity index (χ3v) is 7.01. The summed E-state index contributed by atoms with van der Waals surface area (Å²) in [5.74, 6) is 0.134. The summed E-state index contributed by atoms with van der Waals surface area (Å²) in [6.45, 7) is 8.26. The average Bonchev–Trinajstić information content (AvgIpc) is 3.41. The molecule has 0 radical (unpaired) electrons. The van der Waals surface area contributed by atoms with Gasteiger partial charge in [-0.2, -0.15) is 10.2 Å². The maximum atomic E-state index is 13.0. The molecule has 0 saturated carbocycles. The van der Waals surface area contributed by atoms with Gasteiger partial charge >= 0.3 is 0 Å². The normalized spacial score (nSPS) is 16.6. The average molecular weight is 440 g/mol. The zero-order valence-corrected chi connectivity index (χ0v) is 19.2. The molecule has 3 aromatic heterocycles. The molecular weight excluding hydrogens is 410 g/mol. The van der Waals surface area contributed by atoms with Gasteiger partial charge in [-0.05, 0) is 63.1 Å². The van der Waals surface area contributed by atoms with Crippen LogP contribution in [0, 0.1) is 13.8 Å². The Morgan fingerprint density at radius 1 is 1.23 bits per heavy atom. The van der Waals surface area contributed by atoms with E-state index in [1.807, 2.05) is 34.0 Å². The number of amides is 1. The molecule has 1 atom stereocenters. The minimum Gasteiger partial charge on any atom is -0.341 e. The predicted octanol–water partition coefficient (Wildman–Crippen LogP) is 3.60. The van der Waals surface area contributed by atoms with Crippen molar-refractivity contribution < 1.29 is 4.79 Å². The van der Waals surface area contributed by atoms with Gasteiger partial charge in [-0.3, -0.25) is 14.3 Å². The summed E-state index contributed by atoms with van der Waals surface area (Å²) in [6.07, 6.45) is 2.89. The maximum Gasteiger partial charge on any atom is 0.267 e. The number of hydrogen-bond acceptors (Lipinski definition) is 5. The summed E-state index contributed by atoms with van der Waals surface area (Å²) in [5, 5.41) is 11.2. The lowest BCUT2D eigenvalue weighted by atomic mass is 10.0. The molecule has 0 aromatic carbocycles. The van der Waals surface area contributed by atoms with Crippen molar-refractivity contribution in [3.8, 4) is 10.6 Å². The quantitative estimate of drug-likeness (QED) is 0.588. The van der Waals surface area contributed by atoms with Crippen molar-refractivity contribution in [2.45, 2.75) is 59.0 Å². The molecule has 164 valence electrons. The molecule has 1 unspecified atom stereocenters. The number of carbonyl (C=O) groups is 1. The first-order valence-electron chi connectivity index (χ1n) is 10.9. The SMILES string of the molecule is CCn1nc(C)c(CCC(=O)N2CCCC(n3nc(-c4cccs4)ccc3=O)C2)c1C. The van der Waals surface area contributed by atoms with E-state index in [1.165, 1.54) is 5.56 Å².